The van der Waals surface area contributed by atoms with Gasteiger partial charge in [-0.3, -0.25) is 18.9 Å². The highest BCUT2D eigenvalue weighted by molar-refractivity contribution is 5.86. The molecule has 0 radical (unpaired) electrons. The monoisotopic (exact) mass is 317 g/mol. The second-order valence-corrected chi connectivity index (χ2v) is 4.74. The number of rotatable bonds is 3. The number of aromatic amines is 1. The Morgan fingerprint density at radius 3 is 2.70 bits per heavy atom. The van der Waals surface area contributed by atoms with Crippen LogP contribution < -0.4 is 17.0 Å². The fourth-order valence-corrected chi connectivity index (χ4v) is 2.32. The number of benzene rings is 1. The summed E-state index contributed by atoms with van der Waals surface area (Å²) in [5.41, 5.74) is -1.28. The Kier molecular flexibility index (Phi) is 3.25. The second kappa shape index (κ2) is 5.13. The lowest BCUT2D eigenvalue weighted by molar-refractivity contribution is 0.0694. The first kappa shape index (κ1) is 14.6. The largest absolute Gasteiger partial charge is 0.477 e. The van der Waals surface area contributed by atoms with Crippen LogP contribution in [0.15, 0.2) is 43.2 Å². The van der Waals surface area contributed by atoms with E-state index in [0.29, 0.717) is 12.1 Å². The van der Waals surface area contributed by atoms with Crippen molar-refractivity contribution in [3.05, 3.63) is 61.3 Å². The van der Waals surface area contributed by atoms with Gasteiger partial charge in [-0.15, -0.1) is 0 Å². The number of fused-ring (bicyclic) bond motifs is 1. The van der Waals surface area contributed by atoms with Crippen LogP contribution in [0.5, 0.6) is 0 Å². The third-order valence-corrected chi connectivity index (χ3v) is 3.42. The van der Waals surface area contributed by atoms with Gasteiger partial charge in [-0.2, -0.15) is 0 Å². The van der Waals surface area contributed by atoms with Crippen LogP contribution in [0, 0.1) is 0 Å². The minimum Gasteiger partial charge on any atom is -0.477 e. The van der Waals surface area contributed by atoms with Crippen LogP contribution in [0.25, 0.3) is 16.8 Å². The number of H-pyrrole nitrogens is 1. The Morgan fingerprint density at radius 1 is 1.30 bits per heavy atom. The average molecular weight is 317 g/mol. The van der Waals surface area contributed by atoms with Crippen molar-refractivity contribution in [2.45, 2.75) is 13.5 Å². The quantitative estimate of drug-likeness (QED) is 0.708. The van der Waals surface area contributed by atoms with E-state index < -0.39 is 28.5 Å². The average Bonchev–Trinajstić information content (AvgIpc) is 2.80. The summed E-state index contributed by atoms with van der Waals surface area (Å²) in [6.07, 6.45) is 0.930. The minimum atomic E-state index is -1.45. The van der Waals surface area contributed by atoms with Crippen LogP contribution in [-0.4, -0.2) is 25.2 Å². The van der Waals surface area contributed by atoms with Crippen LogP contribution in [0.4, 0.5) is 0 Å². The van der Waals surface area contributed by atoms with Gasteiger partial charge in [0.2, 0.25) is 0 Å². The molecule has 118 valence electrons. The van der Waals surface area contributed by atoms with Crippen molar-refractivity contribution < 1.29 is 14.3 Å². The van der Waals surface area contributed by atoms with Gasteiger partial charge in [0, 0.05) is 18.8 Å². The van der Waals surface area contributed by atoms with Gasteiger partial charge in [0.05, 0.1) is 11.2 Å². The van der Waals surface area contributed by atoms with E-state index in [-0.39, 0.29) is 11.3 Å². The van der Waals surface area contributed by atoms with Gasteiger partial charge < -0.3 is 9.52 Å². The number of aromatic nitrogens is 3. The summed E-state index contributed by atoms with van der Waals surface area (Å²) in [7, 11) is 0. The van der Waals surface area contributed by atoms with E-state index in [0.717, 1.165) is 10.8 Å². The number of carbonyl (C=O) groups is 1. The van der Waals surface area contributed by atoms with Gasteiger partial charge in [-0.25, -0.2) is 14.4 Å². The van der Waals surface area contributed by atoms with Crippen LogP contribution in [0.3, 0.4) is 0 Å². The molecule has 2 aromatic heterocycles. The van der Waals surface area contributed by atoms with E-state index >= 15 is 0 Å². The first-order chi connectivity index (χ1) is 10.9. The lowest BCUT2D eigenvalue weighted by Crippen LogP contribution is -2.32. The predicted octanol–water partition coefficient (Wildman–Crippen LogP) is 0.152. The first-order valence-corrected chi connectivity index (χ1v) is 6.65. The SMILES string of the molecule is CCn1c(=O)oc2cc(-n3cc(C(=O)O)c(=O)[nH]c3=O)ccc21. The van der Waals surface area contributed by atoms with Crippen molar-refractivity contribution >= 4 is 17.1 Å². The molecule has 2 N–H and O–H groups in total. The summed E-state index contributed by atoms with van der Waals surface area (Å²) in [6.45, 7) is 2.21. The predicted molar refractivity (Wildman–Crippen MR) is 79.3 cm³/mol. The third kappa shape index (κ3) is 2.27. The standard InChI is InChI=1S/C14H11N3O6/c1-2-16-9-4-3-7(5-10(9)23-14(16)22)17-6-8(12(19)20)11(18)15-13(17)21/h3-6H,2H2,1H3,(H,19,20)(H,15,18,21). The van der Waals surface area contributed by atoms with E-state index in [1.54, 1.807) is 13.0 Å². The number of oxazole rings is 1. The van der Waals surface area contributed by atoms with Gasteiger partial charge in [-0.1, -0.05) is 0 Å². The minimum absolute atomic E-state index is 0.254. The van der Waals surface area contributed by atoms with Crippen molar-refractivity contribution in [1.29, 1.82) is 0 Å². The van der Waals surface area contributed by atoms with Gasteiger partial charge in [-0.05, 0) is 19.1 Å². The molecule has 0 aliphatic carbocycles. The van der Waals surface area contributed by atoms with Crippen LogP contribution in [-0.2, 0) is 6.54 Å². The lowest BCUT2D eigenvalue weighted by Gasteiger charge is -2.06. The van der Waals surface area contributed by atoms with E-state index in [1.165, 1.54) is 16.7 Å². The van der Waals surface area contributed by atoms with E-state index in [4.69, 9.17) is 9.52 Å². The molecule has 0 atom stereocenters. The lowest BCUT2D eigenvalue weighted by atomic mass is 10.2. The maximum absolute atomic E-state index is 11.9. The Labute approximate surface area is 127 Å². The molecule has 0 saturated carbocycles. The molecule has 1 aromatic carbocycles. The fraction of sp³-hybridized carbons (Fsp3) is 0.143. The van der Waals surface area contributed by atoms with Crippen LogP contribution in [0.2, 0.25) is 0 Å². The van der Waals surface area contributed by atoms with Crippen molar-refractivity contribution in [2.75, 3.05) is 0 Å². The molecule has 0 spiro atoms. The second-order valence-electron chi connectivity index (χ2n) is 4.74. The van der Waals surface area contributed by atoms with Crippen molar-refractivity contribution in [3.8, 4) is 5.69 Å². The number of nitrogens with zero attached hydrogens (tertiary/aromatic N) is 2. The van der Waals surface area contributed by atoms with E-state index in [2.05, 4.69) is 0 Å². The maximum Gasteiger partial charge on any atom is 0.419 e. The summed E-state index contributed by atoms with van der Waals surface area (Å²) < 4.78 is 7.48. The molecule has 9 nitrogen and oxygen atoms in total. The molecule has 0 unspecified atom stereocenters. The highest BCUT2D eigenvalue weighted by atomic mass is 16.4. The van der Waals surface area contributed by atoms with Gasteiger partial charge in [0.1, 0.15) is 5.56 Å². The topological polar surface area (TPSA) is 127 Å². The Balaban J connectivity index is 2.27. The zero-order valence-corrected chi connectivity index (χ0v) is 11.9. The molecule has 0 aliphatic rings. The number of hydrogen-bond acceptors (Lipinski definition) is 5. The Bertz CT molecular complexity index is 1100. The van der Waals surface area contributed by atoms with E-state index in [1.807, 2.05) is 4.98 Å². The van der Waals surface area contributed by atoms with Crippen molar-refractivity contribution in [3.63, 3.8) is 0 Å². The molecule has 0 fully saturated rings. The summed E-state index contributed by atoms with van der Waals surface area (Å²) in [5.74, 6) is -1.98. The van der Waals surface area contributed by atoms with Gasteiger partial charge in [0.15, 0.2) is 5.58 Å². The molecule has 3 rings (SSSR count). The number of carboxylic acid groups (broad SMARTS) is 1. The number of aryl methyl sites for hydroxylation is 1. The first-order valence-electron chi connectivity index (χ1n) is 6.65. The van der Waals surface area contributed by atoms with Crippen LogP contribution >= 0.6 is 0 Å². The Hall–Kier alpha value is -3.36. The zero-order chi connectivity index (χ0) is 16.7. The molecule has 0 bridgehead atoms. The molecule has 0 saturated heterocycles. The summed E-state index contributed by atoms with van der Waals surface area (Å²) in [6, 6.07) is 4.53. The van der Waals surface area contributed by atoms with Gasteiger partial charge in [0.25, 0.3) is 5.56 Å². The summed E-state index contributed by atoms with van der Waals surface area (Å²) >= 11 is 0. The molecule has 9 heteroatoms. The number of aromatic carboxylic acids is 1. The van der Waals surface area contributed by atoms with Gasteiger partial charge >= 0.3 is 17.4 Å². The zero-order valence-electron chi connectivity index (χ0n) is 11.9. The number of carboxylic acids is 1. The molecule has 0 aliphatic heterocycles. The molecular weight excluding hydrogens is 306 g/mol. The summed E-state index contributed by atoms with van der Waals surface area (Å²) in [5, 5.41) is 8.97. The maximum atomic E-state index is 11.9. The third-order valence-electron chi connectivity index (χ3n) is 3.42. The number of hydrogen-bond donors (Lipinski definition) is 2. The highest BCUT2D eigenvalue weighted by Crippen LogP contribution is 2.17. The normalized spacial score (nSPS) is 11.0. The fourth-order valence-electron chi connectivity index (χ4n) is 2.32. The number of nitrogens with one attached hydrogen (secondary N) is 1. The molecule has 0 amide bonds. The molecule has 2 heterocycles. The van der Waals surface area contributed by atoms with Crippen LogP contribution in [0.1, 0.15) is 17.3 Å². The molecule has 3 aromatic rings. The smallest absolute Gasteiger partial charge is 0.419 e. The Morgan fingerprint density at radius 2 is 2.04 bits per heavy atom. The highest BCUT2D eigenvalue weighted by Gasteiger charge is 2.14. The van der Waals surface area contributed by atoms with Crippen molar-refractivity contribution in [1.82, 2.24) is 14.1 Å². The van der Waals surface area contributed by atoms with Crippen molar-refractivity contribution in [2.24, 2.45) is 0 Å². The summed E-state index contributed by atoms with van der Waals surface area (Å²) in [4.78, 5) is 48.0. The van der Waals surface area contributed by atoms with E-state index in [9.17, 15) is 19.2 Å². The molecule has 23 heavy (non-hydrogen) atoms. The molecular formula is C14H11N3O6.